The summed E-state index contributed by atoms with van der Waals surface area (Å²) in [5, 5.41) is 22.4. The number of carbonyl (C=O) groups is 1. The summed E-state index contributed by atoms with van der Waals surface area (Å²) in [4.78, 5) is 26.5. The fourth-order valence-electron chi connectivity index (χ4n) is 1.76. The van der Waals surface area contributed by atoms with Gasteiger partial charge in [0.2, 0.25) is 0 Å². The van der Waals surface area contributed by atoms with Gasteiger partial charge in [-0.25, -0.2) is 4.98 Å². The Labute approximate surface area is 140 Å². The molecule has 118 valence electrons. The lowest BCUT2D eigenvalue weighted by atomic mass is 10.1. The Hall–Kier alpha value is -2.50. The number of ketones is 1. The van der Waals surface area contributed by atoms with Crippen LogP contribution >= 0.6 is 22.9 Å². The third-order valence-corrected chi connectivity index (χ3v) is 4.08. The molecule has 0 aliphatic carbocycles. The van der Waals surface area contributed by atoms with Gasteiger partial charge in [-0.15, -0.1) is 11.3 Å². The van der Waals surface area contributed by atoms with Crippen LogP contribution in [-0.4, -0.2) is 22.3 Å². The molecule has 0 saturated heterocycles. The van der Waals surface area contributed by atoms with Crippen molar-refractivity contribution in [2.75, 3.05) is 6.61 Å². The highest BCUT2D eigenvalue weighted by atomic mass is 35.5. The minimum atomic E-state index is -1.06. The third-order valence-electron chi connectivity index (χ3n) is 2.82. The molecular weight excluding hydrogens is 342 g/mol. The van der Waals surface area contributed by atoms with E-state index in [0.717, 1.165) is 6.07 Å². The van der Waals surface area contributed by atoms with E-state index in [2.05, 4.69) is 4.98 Å². The number of halogens is 1. The van der Waals surface area contributed by atoms with E-state index in [1.165, 1.54) is 23.5 Å². The standard InChI is InChI=1S/C14H10ClN3O4S/c1-8-7-23-14(17-8)10(5-16)12(19)6-22-13-3-2-9(15)4-11(13)18(20)21/h2-4,7,10H,6H2,1H3. The van der Waals surface area contributed by atoms with E-state index in [1.807, 2.05) is 6.07 Å². The number of rotatable bonds is 6. The van der Waals surface area contributed by atoms with Crippen molar-refractivity contribution in [3.8, 4) is 11.8 Å². The highest BCUT2D eigenvalue weighted by Gasteiger charge is 2.25. The van der Waals surface area contributed by atoms with Crippen molar-refractivity contribution in [1.29, 1.82) is 5.26 Å². The van der Waals surface area contributed by atoms with E-state index in [1.54, 1.807) is 12.3 Å². The Morgan fingerprint density at radius 1 is 1.61 bits per heavy atom. The zero-order valence-corrected chi connectivity index (χ0v) is 13.4. The largest absolute Gasteiger partial charge is 0.479 e. The Balaban J connectivity index is 2.13. The minimum Gasteiger partial charge on any atom is -0.479 e. The molecule has 2 rings (SSSR count). The lowest BCUT2D eigenvalue weighted by Crippen LogP contribution is -2.19. The van der Waals surface area contributed by atoms with Crippen LogP contribution in [0, 0.1) is 28.4 Å². The molecule has 1 aromatic carbocycles. The van der Waals surface area contributed by atoms with Gasteiger partial charge in [0.15, 0.2) is 17.5 Å². The molecule has 0 saturated carbocycles. The monoisotopic (exact) mass is 351 g/mol. The molecule has 2 aromatic rings. The maximum Gasteiger partial charge on any atom is 0.312 e. The Morgan fingerprint density at radius 2 is 2.35 bits per heavy atom. The van der Waals surface area contributed by atoms with Crippen LogP contribution in [0.1, 0.15) is 16.6 Å². The molecule has 1 heterocycles. The quantitative estimate of drug-likeness (QED) is 0.584. The number of aryl methyl sites for hydroxylation is 1. The fourth-order valence-corrected chi connectivity index (χ4v) is 2.78. The minimum absolute atomic E-state index is 0.0836. The molecule has 0 fully saturated rings. The van der Waals surface area contributed by atoms with Crippen molar-refractivity contribution in [3.63, 3.8) is 0 Å². The predicted molar refractivity (Wildman–Crippen MR) is 83.8 cm³/mol. The molecule has 9 heteroatoms. The van der Waals surface area contributed by atoms with Gasteiger partial charge in [-0.2, -0.15) is 5.26 Å². The molecule has 0 N–H and O–H groups in total. The van der Waals surface area contributed by atoms with E-state index in [-0.39, 0.29) is 16.5 Å². The Morgan fingerprint density at radius 3 is 2.91 bits per heavy atom. The van der Waals surface area contributed by atoms with Crippen molar-refractivity contribution >= 4 is 34.4 Å². The first-order valence-corrected chi connectivity index (χ1v) is 7.59. The number of carbonyl (C=O) groups excluding carboxylic acids is 1. The zero-order chi connectivity index (χ0) is 17.0. The molecule has 0 amide bonds. The number of benzene rings is 1. The summed E-state index contributed by atoms with van der Waals surface area (Å²) in [5.41, 5.74) is 0.371. The molecule has 0 aliphatic heterocycles. The van der Waals surface area contributed by atoms with Crippen LogP contribution < -0.4 is 4.74 Å². The van der Waals surface area contributed by atoms with Gasteiger partial charge in [0.1, 0.15) is 11.6 Å². The number of hydrogen-bond acceptors (Lipinski definition) is 7. The summed E-state index contributed by atoms with van der Waals surface area (Å²) in [7, 11) is 0. The van der Waals surface area contributed by atoms with E-state index in [9.17, 15) is 14.9 Å². The van der Waals surface area contributed by atoms with Crippen LogP contribution in [0.15, 0.2) is 23.6 Å². The Bertz CT molecular complexity index is 800. The van der Waals surface area contributed by atoms with Gasteiger partial charge in [-0.3, -0.25) is 14.9 Å². The van der Waals surface area contributed by atoms with Crippen molar-refractivity contribution in [3.05, 3.63) is 49.4 Å². The number of hydrogen-bond donors (Lipinski definition) is 0. The van der Waals surface area contributed by atoms with Crippen LogP contribution in [0.2, 0.25) is 5.02 Å². The van der Waals surface area contributed by atoms with Crippen LogP contribution in [0.5, 0.6) is 5.75 Å². The third kappa shape index (κ3) is 4.03. The number of nitrogens with zero attached hydrogens (tertiary/aromatic N) is 3. The first-order valence-electron chi connectivity index (χ1n) is 6.33. The predicted octanol–water partition coefficient (Wildman–Crippen LogP) is 3.27. The first-order chi connectivity index (χ1) is 10.9. The van der Waals surface area contributed by atoms with E-state index in [0.29, 0.717) is 10.7 Å². The smallest absolute Gasteiger partial charge is 0.312 e. The number of nitriles is 1. The number of nitro groups is 1. The molecule has 0 spiro atoms. The van der Waals surface area contributed by atoms with Crippen LogP contribution in [0.3, 0.4) is 0 Å². The van der Waals surface area contributed by atoms with Crippen molar-refractivity contribution < 1.29 is 14.5 Å². The molecule has 0 aliphatic rings. The average molecular weight is 352 g/mol. The van der Waals surface area contributed by atoms with E-state index < -0.39 is 23.2 Å². The molecule has 1 unspecified atom stereocenters. The summed E-state index contributed by atoms with van der Waals surface area (Å²) >= 11 is 6.91. The van der Waals surface area contributed by atoms with Gasteiger partial charge in [0.05, 0.1) is 11.0 Å². The Kier molecular flexibility index (Phi) is 5.26. The van der Waals surface area contributed by atoms with Crippen molar-refractivity contribution in [1.82, 2.24) is 4.98 Å². The van der Waals surface area contributed by atoms with Crippen molar-refractivity contribution in [2.45, 2.75) is 12.8 Å². The summed E-state index contributed by atoms with van der Waals surface area (Å²) in [6.07, 6.45) is 0. The second-order valence-electron chi connectivity index (χ2n) is 4.51. The summed E-state index contributed by atoms with van der Waals surface area (Å²) in [5.74, 6) is -1.66. The maximum absolute atomic E-state index is 12.1. The number of thiazole rings is 1. The molecule has 1 atom stereocenters. The number of ether oxygens (including phenoxy) is 1. The van der Waals surface area contributed by atoms with Crippen LogP contribution in [-0.2, 0) is 4.79 Å². The number of aromatic nitrogens is 1. The first kappa shape index (κ1) is 16.9. The highest BCUT2D eigenvalue weighted by molar-refractivity contribution is 7.09. The second-order valence-corrected chi connectivity index (χ2v) is 5.84. The van der Waals surface area contributed by atoms with Crippen LogP contribution in [0.25, 0.3) is 0 Å². The lowest BCUT2D eigenvalue weighted by molar-refractivity contribution is -0.385. The van der Waals surface area contributed by atoms with Gasteiger partial charge in [-0.1, -0.05) is 11.6 Å². The van der Waals surface area contributed by atoms with Gasteiger partial charge < -0.3 is 4.74 Å². The highest BCUT2D eigenvalue weighted by Crippen LogP contribution is 2.30. The van der Waals surface area contributed by atoms with Gasteiger partial charge in [-0.05, 0) is 19.1 Å². The normalized spacial score (nSPS) is 11.5. The van der Waals surface area contributed by atoms with Gasteiger partial charge in [0, 0.05) is 22.2 Å². The molecule has 23 heavy (non-hydrogen) atoms. The number of Topliss-reactive ketones (excluding diaryl/α,β-unsaturated/α-hetero) is 1. The lowest BCUT2D eigenvalue weighted by Gasteiger charge is -2.08. The van der Waals surface area contributed by atoms with E-state index in [4.69, 9.17) is 21.6 Å². The van der Waals surface area contributed by atoms with Crippen LogP contribution in [0.4, 0.5) is 5.69 Å². The van der Waals surface area contributed by atoms with E-state index >= 15 is 0 Å². The molecule has 1 aromatic heterocycles. The SMILES string of the molecule is Cc1csc(C(C#N)C(=O)COc2ccc(Cl)cc2[N+](=O)[O-])n1. The molecule has 0 bridgehead atoms. The summed E-state index contributed by atoms with van der Waals surface area (Å²) < 4.78 is 5.20. The average Bonchev–Trinajstić information content (AvgIpc) is 2.92. The molecule has 7 nitrogen and oxygen atoms in total. The molecular formula is C14H10ClN3O4S. The topological polar surface area (TPSA) is 106 Å². The summed E-state index contributed by atoms with van der Waals surface area (Å²) in [6, 6.07) is 5.74. The zero-order valence-electron chi connectivity index (χ0n) is 11.9. The van der Waals surface area contributed by atoms with Gasteiger partial charge in [0.25, 0.3) is 0 Å². The number of nitro benzene ring substituents is 1. The summed E-state index contributed by atoms with van der Waals surface area (Å²) in [6.45, 7) is 1.28. The van der Waals surface area contributed by atoms with Gasteiger partial charge >= 0.3 is 5.69 Å². The second kappa shape index (κ2) is 7.17. The maximum atomic E-state index is 12.1. The van der Waals surface area contributed by atoms with Crippen molar-refractivity contribution in [2.24, 2.45) is 0 Å². The molecule has 0 radical (unpaired) electrons. The fraction of sp³-hybridized carbons (Fsp3) is 0.214.